The fraction of sp³-hybridized carbons (Fsp3) is 0.429. The molecule has 2 aromatic heterocycles. The Labute approximate surface area is 126 Å². The van der Waals surface area contributed by atoms with Crippen LogP contribution >= 0.6 is 11.3 Å². The first-order chi connectivity index (χ1) is 10.2. The lowest BCUT2D eigenvalue weighted by molar-refractivity contribution is -0.138. The third-order valence-corrected chi connectivity index (χ3v) is 4.35. The van der Waals surface area contributed by atoms with E-state index in [9.17, 15) is 4.79 Å². The number of rotatable bonds is 5. The van der Waals surface area contributed by atoms with Gasteiger partial charge in [0.2, 0.25) is 5.89 Å². The van der Waals surface area contributed by atoms with E-state index in [1.165, 1.54) is 0 Å². The van der Waals surface area contributed by atoms with Crippen molar-refractivity contribution in [3.05, 3.63) is 29.5 Å². The third kappa shape index (κ3) is 3.69. The summed E-state index contributed by atoms with van der Waals surface area (Å²) < 4.78 is 5.51. The number of hydrogen-bond donors (Lipinski definition) is 1. The molecule has 1 aliphatic heterocycles. The highest BCUT2D eigenvalue weighted by Gasteiger charge is 2.19. The first-order valence-corrected chi connectivity index (χ1v) is 7.73. The molecule has 1 N–H and O–H groups in total. The van der Waals surface area contributed by atoms with E-state index in [0.717, 1.165) is 43.3 Å². The molecule has 0 aromatic carbocycles. The van der Waals surface area contributed by atoms with Gasteiger partial charge in [0, 0.05) is 32.7 Å². The van der Waals surface area contributed by atoms with Crippen LogP contribution in [0.3, 0.4) is 0 Å². The monoisotopic (exact) mass is 307 g/mol. The van der Waals surface area contributed by atoms with Crippen LogP contribution in [0.5, 0.6) is 0 Å². The topological polar surface area (TPSA) is 69.8 Å². The standard InChI is InChI=1S/C14H17N3O3S/c18-13(19)9-17-5-3-16(4-6-17)8-11-10-20-14(15-11)12-2-1-7-21-12/h1-2,7,10H,3-6,8-9H2,(H,18,19). The normalized spacial score (nSPS) is 17.1. The molecule has 0 spiro atoms. The van der Waals surface area contributed by atoms with Gasteiger partial charge in [0.25, 0.3) is 0 Å². The van der Waals surface area contributed by atoms with Crippen molar-refractivity contribution in [3.8, 4) is 10.8 Å². The molecule has 7 heteroatoms. The molecule has 1 saturated heterocycles. The summed E-state index contributed by atoms with van der Waals surface area (Å²) in [7, 11) is 0. The van der Waals surface area contributed by atoms with Crippen LogP contribution in [0, 0.1) is 0 Å². The molecule has 2 aromatic rings. The summed E-state index contributed by atoms with van der Waals surface area (Å²) in [6, 6.07) is 3.97. The zero-order valence-corrected chi connectivity index (χ0v) is 12.4. The number of aliphatic carboxylic acids is 1. The predicted molar refractivity (Wildman–Crippen MR) is 79.2 cm³/mol. The molecule has 0 bridgehead atoms. The molecule has 1 fully saturated rings. The summed E-state index contributed by atoms with van der Waals surface area (Å²) in [6.07, 6.45) is 1.71. The minimum absolute atomic E-state index is 0.125. The van der Waals surface area contributed by atoms with Crippen molar-refractivity contribution < 1.29 is 14.3 Å². The number of piperazine rings is 1. The lowest BCUT2D eigenvalue weighted by atomic mass is 10.3. The average Bonchev–Trinajstić information content (AvgIpc) is 3.11. The molecule has 1 aliphatic rings. The van der Waals surface area contributed by atoms with E-state index in [-0.39, 0.29) is 6.54 Å². The van der Waals surface area contributed by atoms with Gasteiger partial charge in [-0.1, -0.05) is 6.07 Å². The van der Waals surface area contributed by atoms with E-state index < -0.39 is 5.97 Å². The Morgan fingerprint density at radius 2 is 2.10 bits per heavy atom. The largest absolute Gasteiger partial charge is 0.480 e. The second kappa shape index (κ2) is 6.38. The van der Waals surface area contributed by atoms with Gasteiger partial charge < -0.3 is 9.52 Å². The Kier molecular flexibility index (Phi) is 4.33. The molecule has 21 heavy (non-hydrogen) atoms. The van der Waals surface area contributed by atoms with Crippen molar-refractivity contribution in [3.63, 3.8) is 0 Å². The van der Waals surface area contributed by atoms with Crippen molar-refractivity contribution >= 4 is 17.3 Å². The van der Waals surface area contributed by atoms with Crippen LogP contribution in [-0.4, -0.2) is 58.6 Å². The first kappa shape index (κ1) is 14.2. The van der Waals surface area contributed by atoms with Gasteiger partial charge in [-0.05, 0) is 11.4 Å². The second-order valence-electron chi connectivity index (χ2n) is 5.07. The zero-order chi connectivity index (χ0) is 14.7. The number of oxazole rings is 1. The predicted octanol–water partition coefficient (Wildman–Crippen LogP) is 1.61. The maximum atomic E-state index is 10.7. The van der Waals surface area contributed by atoms with Crippen molar-refractivity contribution in [2.75, 3.05) is 32.7 Å². The zero-order valence-electron chi connectivity index (χ0n) is 11.6. The van der Waals surface area contributed by atoms with Crippen molar-refractivity contribution in [1.82, 2.24) is 14.8 Å². The van der Waals surface area contributed by atoms with Crippen LogP contribution < -0.4 is 0 Å². The summed E-state index contributed by atoms with van der Waals surface area (Å²) in [6.45, 7) is 4.14. The van der Waals surface area contributed by atoms with E-state index in [4.69, 9.17) is 9.52 Å². The van der Waals surface area contributed by atoms with Gasteiger partial charge in [0.05, 0.1) is 17.1 Å². The van der Waals surface area contributed by atoms with Crippen molar-refractivity contribution in [2.45, 2.75) is 6.54 Å². The number of nitrogens with zero attached hydrogens (tertiary/aromatic N) is 3. The molecule has 0 saturated carbocycles. The molecule has 0 aliphatic carbocycles. The SMILES string of the molecule is O=C(O)CN1CCN(Cc2coc(-c3cccs3)n2)CC1. The minimum Gasteiger partial charge on any atom is -0.480 e. The number of carboxylic acids is 1. The molecule has 6 nitrogen and oxygen atoms in total. The van der Waals surface area contributed by atoms with Gasteiger partial charge in [0.1, 0.15) is 6.26 Å². The Bertz CT molecular complexity index is 588. The average molecular weight is 307 g/mol. The number of aromatic nitrogens is 1. The maximum absolute atomic E-state index is 10.7. The van der Waals surface area contributed by atoms with Crippen LogP contribution in [0.4, 0.5) is 0 Å². The van der Waals surface area contributed by atoms with Crippen LogP contribution in [0.15, 0.2) is 28.2 Å². The van der Waals surface area contributed by atoms with Crippen LogP contribution in [-0.2, 0) is 11.3 Å². The van der Waals surface area contributed by atoms with Gasteiger partial charge in [-0.2, -0.15) is 0 Å². The van der Waals surface area contributed by atoms with E-state index in [0.29, 0.717) is 5.89 Å². The maximum Gasteiger partial charge on any atom is 0.317 e. The highest BCUT2D eigenvalue weighted by molar-refractivity contribution is 7.13. The highest BCUT2D eigenvalue weighted by atomic mass is 32.1. The lowest BCUT2D eigenvalue weighted by Crippen LogP contribution is -2.47. The summed E-state index contributed by atoms with van der Waals surface area (Å²) in [5.74, 6) is -0.0925. The third-order valence-electron chi connectivity index (χ3n) is 3.49. The number of thiophene rings is 1. The molecule has 0 atom stereocenters. The summed E-state index contributed by atoms with van der Waals surface area (Å²) in [5, 5.41) is 10.8. The van der Waals surface area contributed by atoms with Gasteiger partial charge >= 0.3 is 5.97 Å². The number of carboxylic acid groups (broad SMARTS) is 1. The van der Waals surface area contributed by atoms with Crippen LogP contribution in [0.25, 0.3) is 10.8 Å². The smallest absolute Gasteiger partial charge is 0.317 e. The van der Waals surface area contributed by atoms with E-state index in [2.05, 4.69) is 9.88 Å². The van der Waals surface area contributed by atoms with Crippen molar-refractivity contribution in [1.29, 1.82) is 0 Å². The van der Waals surface area contributed by atoms with Crippen molar-refractivity contribution in [2.24, 2.45) is 0 Å². The Morgan fingerprint density at radius 1 is 1.33 bits per heavy atom. The van der Waals surface area contributed by atoms with E-state index in [1.807, 2.05) is 22.4 Å². The van der Waals surface area contributed by atoms with Crippen LogP contribution in [0.2, 0.25) is 0 Å². The Morgan fingerprint density at radius 3 is 2.76 bits per heavy atom. The lowest BCUT2D eigenvalue weighted by Gasteiger charge is -2.33. The second-order valence-corrected chi connectivity index (χ2v) is 6.02. The summed E-state index contributed by atoms with van der Waals surface area (Å²) in [4.78, 5) is 20.5. The molecule has 0 unspecified atom stereocenters. The molecular formula is C14H17N3O3S. The van der Waals surface area contributed by atoms with Gasteiger partial charge in [-0.15, -0.1) is 11.3 Å². The Balaban J connectivity index is 1.53. The molecular weight excluding hydrogens is 290 g/mol. The van der Waals surface area contributed by atoms with Crippen LogP contribution in [0.1, 0.15) is 5.69 Å². The summed E-state index contributed by atoms with van der Waals surface area (Å²) in [5.41, 5.74) is 0.921. The Hall–Kier alpha value is -1.70. The van der Waals surface area contributed by atoms with Gasteiger partial charge in [-0.3, -0.25) is 14.6 Å². The van der Waals surface area contributed by atoms with E-state index in [1.54, 1.807) is 17.6 Å². The molecule has 3 heterocycles. The number of hydrogen-bond acceptors (Lipinski definition) is 6. The van der Waals surface area contributed by atoms with Gasteiger partial charge in [-0.25, -0.2) is 4.98 Å². The molecule has 3 rings (SSSR count). The fourth-order valence-corrected chi connectivity index (χ4v) is 3.07. The van der Waals surface area contributed by atoms with Gasteiger partial charge in [0.15, 0.2) is 0 Å². The van der Waals surface area contributed by atoms with E-state index >= 15 is 0 Å². The highest BCUT2D eigenvalue weighted by Crippen LogP contribution is 2.24. The minimum atomic E-state index is -0.763. The fourth-order valence-electron chi connectivity index (χ4n) is 2.42. The quantitative estimate of drug-likeness (QED) is 0.905. The first-order valence-electron chi connectivity index (χ1n) is 6.85. The molecule has 0 radical (unpaired) electrons. The molecule has 0 amide bonds. The number of carbonyl (C=O) groups is 1. The summed E-state index contributed by atoms with van der Waals surface area (Å²) >= 11 is 1.61. The molecule has 112 valence electrons.